The maximum atomic E-state index is 14.0. The summed E-state index contributed by atoms with van der Waals surface area (Å²) >= 11 is 0. The van der Waals surface area contributed by atoms with Gasteiger partial charge in [0.25, 0.3) is 0 Å². The van der Waals surface area contributed by atoms with Crippen LogP contribution in [0, 0.1) is 17.5 Å². The number of hydrogen-bond acceptors (Lipinski definition) is 3. The topological polar surface area (TPSA) is 59.8 Å². The Morgan fingerprint density at radius 2 is 1.67 bits per heavy atom. The lowest BCUT2D eigenvalue weighted by atomic mass is 10.1. The Bertz CT molecular complexity index is 888. The van der Waals surface area contributed by atoms with Gasteiger partial charge in [-0.15, -0.1) is 0 Å². The average Bonchev–Trinajstić information content (AvgIpc) is 2.67. The zero-order valence-corrected chi connectivity index (χ0v) is 15.2. The fourth-order valence-electron chi connectivity index (χ4n) is 3.03. The first-order valence-electron chi connectivity index (χ1n) is 8.50. The van der Waals surface area contributed by atoms with Crippen LogP contribution in [0.25, 0.3) is 0 Å². The van der Waals surface area contributed by atoms with Crippen LogP contribution in [0.5, 0.6) is 0 Å². The second-order valence-electron chi connectivity index (χ2n) is 6.32. The van der Waals surface area contributed by atoms with Crippen LogP contribution in [-0.2, 0) is 14.8 Å². The van der Waals surface area contributed by atoms with E-state index in [-0.39, 0.29) is 0 Å². The van der Waals surface area contributed by atoms with Gasteiger partial charge in [0, 0.05) is 0 Å². The van der Waals surface area contributed by atoms with Gasteiger partial charge >= 0.3 is 0 Å². The Morgan fingerprint density at radius 1 is 1.00 bits per heavy atom. The number of sulfonamides is 1. The lowest BCUT2D eigenvalue weighted by Crippen LogP contribution is -3.14. The molecular formula is C18H20F3N2O3S+. The lowest BCUT2D eigenvalue weighted by Gasteiger charge is -2.28. The Kier molecular flexibility index (Phi) is 6.15. The molecule has 0 bridgehead atoms. The van der Waals surface area contributed by atoms with Gasteiger partial charge in [-0.25, -0.2) is 21.6 Å². The number of rotatable bonds is 6. The highest BCUT2D eigenvalue weighted by atomic mass is 32.2. The molecule has 1 fully saturated rings. The molecule has 0 amide bonds. The van der Waals surface area contributed by atoms with E-state index in [2.05, 4.69) is 4.72 Å². The van der Waals surface area contributed by atoms with Gasteiger partial charge in [0.1, 0.15) is 18.0 Å². The van der Waals surface area contributed by atoms with Crippen molar-refractivity contribution in [2.24, 2.45) is 0 Å². The van der Waals surface area contributed by atoms with Crippen LogP contribution in [0.3, 0.4) is 0 Å². The molecular weight excluding hydrogens is 381 g/mol. The molecule has 2 aromatic rings. The molecule has 1 atom stereocenters. The number of halogens is 3. The number of quaternary nitrogens is 1. The fraction of sp³-hybridized carbons (Fsp3) is 0.333. The van der Waals surface area contributed by atoms with Crippen molar-refractivity contribution in [1.29, 1.82) is 0 Å². The normalized spacial score (nSPS) is 17.0. The Balaban J connectivity index is 1.89. The molecule has 9 heteroatoms. The van der Waals surface area contributed by atoms with Gasteiger partial charge in [0.2, 0.25) is 10.0 Å². The van der Waals surface area contributed by atoms with Gasteiger partial charge in [-0.05, 0) is 17.7 Å². The molecule has 0 aromatic heterocycles. The van der Waals surface area contributed by atoms with Gasteiger partial charge in [-0.3, -0.25) is 0 Å². The molecule has 27 heavy (non-hydrogen) atoms. The summed E-state index contributed by atoms with van der Waals surface area (Å²) in [7, 11) is -4.40. The van der Waals surface area contributed by atoms with Crippen molar-refractivity contribution >= 4 is 10.0 Å². The summed E-state index contributed by atoms with van der Waals surface area (Å²) in [5.74, 6) is -4.98. The highest BCUT2D eigenvalue weighted by molar-refractivity contribution is 7.89. The van der Waals surface area contributed by atoms with Crippen molar-refractivity contribution in [1.82, 2.24) is 4.72 Å². The summed E-state index contributed by atoms with van der Waals surface area (Å²) in [6, 6.07) is 9.51. The molecule has 0 radical (unpaired) electrons. The molecule has 3 rings (SSSR count). The van der Waals surface area contributed by atoms with E-state index in [0.29, 0.717) is 44.5 Å². The van der Waals surface area contributed by atoms with E-state index in [1.807, 2.05) is 0 Å². The second-order valence-corrected chi connectivity index (χ2v) is 8.01. The van der Waals surface area contributed by atoms with Crippen LogP contribution >= 0.6 is 0 Å². The average molecular weight is 401 g/mol. The molecule has 0 spiro atoms. The van der Waals surface area contributed by atoms with Crippen LogP contribution in [0.1, 0.15) is 11.6 Å². The van der Waals surface area contributed by atoms with Crippen LogP contribution in [-0.4, -0.2) is 41.3 Å². The van der Waals surface area contributed by atoms with Crippen LogP contribution in [0.2, 0.25) is 0 Å². The van der Waals surface area contributed by atoms with Crippen molar-refractivity contribution in [2.45, 2.75) is 10.9 Å². The zero-order valence-electron chi connectivity index (χ0n) is 14.4. The zero-order chi connectivity index (χ0) is 19.4. The first kappa shape index (κ1) is 19.8. The van der Waals surface area contributed by atoms with E-state index in [0.717, 1.165) is 11.0 Å². The predicted molar refractivity (Wildman–Crippen MR) is 92.2 cm³/mol. The fourth-order valence-corrected chi connectivity index (χ4v) is 4.33. The third-order valence-electron chi connectivity index (χ3n) is 4.48. The highest BCUT2D eigenvalue weighted by Gasteiger charge is 2.30. The number of benzene rings is 2. The largest absolute Gasteiger partial charge is 0.370 e. The quantitative estimate of drug-likeness (QED) is 0.712. The van der Waals surface area contributed by atoms with Crippen molar-refractivity contribution in [3.05, 3.63) is 65.5 Å². The minimum absolute atomic E-state index is 0.415. The van der Waals surface area contributed by atoms with Crippen molar-refractivity contribution in [2.75, 3.05) is 32.8 Å². The Labute approximate surface area is 155 Å². The van der Waals surface area contributed by atoms with Crippen LogP contribution in [0.4, 0.5) is 13.2 Å². The lowest BCUT2D eigenvalue weighted by molar-refractivity contribution is -0.909. The van der Waals surface area contributed by atoms with E-state index in [1.165, 1.54) is 0 Å². The van der Waals surface area contributed by atoms with Crippen molar-refractivity contribution < 1.29 is 31.2 Å². The SMILES string of the molecule is O=S(=O)(N[C@H](C[NH+]1CCOCC1)c1ccccc1)c1ccc(F)c(F)c1F. The summed E-state index contributed by atoms with van der Waals surface area (Å²) in [5, 5.41) is 0. The predicted octanol–water partition coefficient (Wildman–Crippen LogP) is 1.04. The summed E-state index contributed by atoms with van der Waals surface area (Å²) in [4.78, 5) is 0.211. The van der Waals surface area contributed by atoms with E-state index in [4.69, 9.17) is 4.74 Å². The van der Waals surface area contributed by atoms with Gasteiger partial charge < -0.3 is 9.64 Å². The van der Waals surface area contributed by atoms with Crippen LogP contribution < -0.4 is 9.62 Å². The van der Waals surface area contributed by atoms with Gasteiger partial charge in [-0.1, -0.05) is 30.3 Å². The molecule has 2 aromatic carbocycles. The monoisotopic (exact) mass is 401 g/mol. The van der Waals surface area contributed by atoms with Crippen molar-refractivity contribution in [3.63, 3.8) is 0 Å². The maximum Gasteiger partial charge on any atom is 0.244 e. The second kappa shape index (κ2) is 8.39. The van der Waals surface area contributed by atoms with Gasteiger partial charge in [0.05, 0.1) is 25.8 Å². The smallest absolute Gasteiger partial charge is 0.244 e. The molecule has 1 heterocycles. The molecule has 1 aliphatic rings. The standard InChI is InChI=1S/C18H19F3N2O3S/c19-14-6-7-16(18(21)17(14)20)27(24,25)22-15(13-4-2-1-3-5-13)12-23-8-10-26-11-9-23/h1-7,15,22H,8-12H2/p+1/t15-/m1/s1. The molecule has 0 aliphatic carbocycles. The first-order chi connectivity index (χ1) is 12.9. The molecule has 2 N–H and O–H groups in total. The Hall–Kier alpha value is -1.94. The molecule has 0 saturated carbocycles. The summed E-state index contributed by atoms with van der Waals surface area (Å²) in [6.07, 6.45) is 0. The third kappa shape index (κ3) is 4.67. The first-order valence-corrected chi connectivity index (χ1v) is 9.99. The van der Waals surface area contributed by atoms with Gasteiger partial charge in [-0.2, -0.15) is 4.72 Å². The highest BCUT2D eigenvalue weighted by Crippen LogP contribution is 2.22. The van der Waals surface area contributed by atoms with Gasteiger partial charge in [0.15, 0.2) is 17.5 Å². The van der Waals surface area contributed by atoms with E-state index in [9.17, 15) is 21.6 Å². The maximum absolute atomic E-state index is 14.0. The number of hydrogen-bond donors (Lipinski definition) is 2. The minimum Gasteiger partial charge on any atom is -0.370 e. The summed E-state index contributed by atoms with van der Waals surface area (Å²) in [5.41, 5.74) is 0.697. The van der Waals surface area contributed by atoms with Crippen LogP contribution in [0.15, 0.2) is 47.4 Å². The molecule has 146 valence electrons. The third-order valence-corrected chi connectivity index (χ3v) is 5.97. The number of ether oxygens (including phenoxy) is 1. The molecule has 5 nitrogen and oxygen atoms in total. The number of nitrogens with one attached hydrogen (secondary N) is 2. The van der Waals surface area contributed by atoms with E-state index in [1.54, 1.807) is 30.3 Å². The number of morpholine rings is 1. The Morgan fingerprint density at radius 3 is 2.33 bits per heavy atom. The molecule has 1 saturated heterocycles. The summed E-state index contributed by atoms with van der Waals surface area (Å²) in [6.45, 7) is 2.98. The van der Waals surface area contributed by atoms with E-state index < -0.39 is 38.4 Å². The van der Waals surface area contributed by atoms with E-state index >= 15 is 0 Å². The molecule has 0 unspecified atom stereocenters. The summed E-state index contributed by atoms with van der Waals surface area (Å²) < 4.78 is 73.7. The van der Waals surface area contributed by atoms with Crippen molar-refractivity contribution in [3.8, 4) is 0 Å². The molecule has 1 aliphatic heterocycles. The minimum atomic E-state index is -4.40.